The number of rotatable bonds is 4. The van der Waals surface area contributed by atoms with E-state index >= 15 is 0 Å². The van der Waals surface area contributed by atoms with Crippen LogP contribution in [0.4, 0.5) is 13.2 Å². The average molecular weight is 331 g/mol. The van der Waals surface area contributed by atoms with Crippen molar-refractivity contribution in [2.24, 2.45) is 0 Å². The Morgan fingerprint density at radius 1 is 1.45 bits per heavy atom. The van der Waals surface area contributed by atoms with Crippen LogP contribution in [0.5, 0.6) is 5.88 Å². The van der Waals surface area contributed by atoms with Gasteiger partial charge < -0.3 is 9.50 Å². The number of allylic oxidation sites excluding steroid dienone is 1. The lowest BCUT2D eigenvalue weighted by molar-refractivity contribution is -0.0501. The third-order valence-electron chi connectivity index (χ3n) is 2.05. The van der Waals surface area contributed by atoms with Crippen LogP contribution in [-0.4, -0.2) is 26.0 Å². The summed E-state index contributed by atoms with van der Waals surface area (Å²) < 4.78 is 62.4. The summed E-state index contributed by atoms with van der Waals surface area (Å²) in [5.41, 5.74) is -4.78. The Hall–Kier alpha value is -1.48. The second-order valence-corrected chi connectivity index (χ2v) is 5.53. The molecule has 0 saturated heterocycles. The zero-order valence-corrected chi connectivity index (χ0v) is 11.9. The second-order valence-electron chi connectivity index (χ2n) is 3.58. The predicted octanol–water partition coefficient (Wildman–Crippen LogP) is 2.54. The van der Waals surface area contributed by atoms with E-state index in [0.717, 1.165) is 0 Å². The normalized spacial score (nSPS) is 13.2. The van der Waals surface area contributed by atoms with Crippen molar-refractivity contribution in [2.75, 3.05) is 7.05 Å². The number of halogens is 4. The summed E-state index contributed by atoms with van der Waals surface area (Å²) in [6.45, 7) is 1.62. The molecular weight excluding hydrogens is 321 g/mol. The van der Waals surface area contributed by atoms with Crippen LogP contribution in [0.1, 0.15) is 12.6 Å². The lowest BCUT2D eigenvalue weighted by atomic mass is 10.2. The summed E-state index contributed by atoms with van der Waals surface area (Å²) in [5, 5.41) is 2.35. The molecule has 1 aromatic heterocycles. The Balaban J connectivity index is 3.21. The van der Waals surface area contributed by atoms with E-state index in [2.05, 4.69) is 14.5 Å². The van der Waals surface area contributed by atoms with E-state index in [1.807, 2.05) is 0 Å². The zero-order chi connectivity index (χ0) is 15.6. The largest absolute Gasteiger partial charge is 0.534 e. The van der Waals surface area contributed by atoms with E-state index in [1.54, 1.807) is 14.0 Å². The van der Waals surface area contributed by atoms with Crippen LogP contribution in [-0.2, 0) is 10.1 Å². The standard InChI is InChI=1S/C10H10ClF3N2O3S/c1-6(5-15-2)8-4-3-7(11)9(16-8)19-20(17,18)10(12,13)14/h3-5,15H,1-2H3/b6-5-. The molecule has 112 valence electrons. The fourth-order valence-electron chi connectivity index (χ4n) is 1.14. The van der Waals surface area contributed by atoms with E-state index in [-0.39, 0.29) is 10.7 Å². The Labute approximate surface area is 118 Å². The fourth-order valence-corrected chi connectivity index (χ4v) is 1.76. The Kier molecular flexibility index (Phi) is 4.87. The van der Waals surface area contributed by atoms with Crippen LogP contribution in [0, 0.1) is 0 Å². The number of nitrogens with zero attached hydrogens (tertiary/aromatic N) is 1. The van der Waals surface area contributed by atoms with Crippen molar-refractivity contribution < 1.29 is 25.8 Å². The molecule has 0 spiro atoms. The van der Waals surface area contributed by atoms with Crippen LogP contribution in [0.3, 0.4) is 0 Å². The number of alkyl halides is 3. The summed E-state index contributed by atoms with van der Waals surface area (Å²) in [5.74, 6) is -0.828. The first-order chi connectivity index (χ1) is 9.08. The Bertz CT molecular complexity index is 629. The molecule has 0 aliphatic carbocycles. The summed E-state index contributed by atoms with van der Waals surface area (Å²) >= 11 is 5.58. The van der Waals surface area contributed by atoms with Crippen LogP contribution < -0.4 is 9.50 Å². The maximum absolute atomic E-state index is 12.2. The van der Waals surface area contributed by atoms with Crippen molar-refractivity contribution in [3.63, 3.8) is 0 Å². The molecule has 5 nitrogen and oxygen atoms in total. The zero-order valence-electron chi connectivity index (χ0n) is 10.3. The van der Waals surface area contributed by atoms with Crippen LogP contribution in [0.15, 0.2) is 18.3 Å². The summed E-state index contributed by atoms with van der Waals surface area (Å²) in [7, 11) is -4.19. The highest BCUT2D eigenvalue weighted by Gasteiger charge is 2.49. The van der Waals surface area contributed by atoms with Crippen molar-refractivity contribution >= 4 is 27.3 Å². The van der Waals surface area contributed by atoms with E-state index in [1.165, 1.54) is 18.3 Å². The summed E-state index contributed by atoms with van der Waals surface area (Å²) in [6.07, 6.45) is 1.53. The molecule has 1 aromatic rings. The highest BCUT2D eigenvalue weighted by atomic mass is 35.5. The molecule has 10 heteroatoms. The Morgan fingerprint density at radius 3 is 2.55 bits per heavy atom. The maximum atomic E-state index is 12.2. The van der Waals surface area contributed by atoms with E-state index in [4.69, 9.17) is 11.6 Å². The van der Waals surface area contributed by atoms with Gasteiger partial charge in [0.2, 0.25) is 0 Å². The highest BCUT2D eigenvalue weighted by molar-refractivity contribution is 7.88. The highest BCUT2D eigenvalue weighted by Crippen LogP contribution is 2.30. The van der Waals surface area contributed by atoms with Gasteiger partial charge in [0.15, 0.2) is 0 Å². The molecule has 1 heterocycles. The molecule has 1 N–H and O–H groups in total. The predicted molar refractivity (Wildman–Crippen MR) is 67.6 cm³/mol. The molecule has 0 saturated carbocycles. The van der Waals surface area contributed by atoms with Crippen molar-refractivity contribution in [3.05, 3.63) is 29.0 Å². The van der Waals surface area contributed by atoms with Crippen LogP contribution in [0.25, 0.3) is 5.57 Å². The number of pyridine rings is 1. The lowest BCUT2D eigenvalue weighted by Crippen LogP contribution is -2.28. The van der Waals surface area contributed by atoms with Gasteiger partial charge in [0.05, 0.1) is 5.69 Å². The SMILES string of the molecule is CN/C=C(/C)c1ccc(Cl)c(OS(=O)(=O)C(F)(F)F)n1. The first kappa shape index (κ1) is 16.6. The molecule has 0 fully saturated rings. The third-order valence-corrected chi connectivity index (χ3v) is 3.28. The van der Waals surface area contributed by atoms with Crippen LogP contribution in [0.2, 0.25) is 5.02 Å². The van der Waals surface area contributed by atoms with E-state index in [9.17, 15) is 21.6 Å². The molecule has 0 aliphatic heterocycles. The quantitative estimate of drug-likeness (QED) is 0.678. The molecular formula is C10H10ClF3N2O3S. The molecule has 0 bridgehead atoms. The van der Waals surface area contributed by atoms with Crippen molar-refractivity contribution in [3.8, 4) is 5.88 Å². The van der Waals surface area contributed by atoms with E-state index < -0.39 is 21.5 Å². The molecule has 0 atom stereocenters. The van der Waals surface area contributed by atoms with Gasteiger partial charge >= 0.3 is 15.6 Å². The number of nitrogens with one attached hydrogen (secondary N) is 1. The number of hydrogen-bond donors (Lipinski definition) is 1. The number of hydrogen-bond acceptors (Lipinski definition) is 5. The molecule has 1 rings (SSSR count). The second kappa shape index (κ2) is 5.88. The summed E-state index contributed by atoms with van der Waals surface area (Å²) in [6, 6.07) is 2.61. The van der Waals surface area contributed by atoms with Crippen molar-refractivity contribution in [1.82, 2.24) is 10.3 Å². The van der Waals surface area contributed by atoms with Gasteiger partial charge in [0, 0.05) is 13.2 Å². The van der Waals surface area contributed by atoms with Gasteiger partial charge in [-0.1, -0.05) is 11.6 Å². The third kappa shape index (κ3) is 3.76. The number of aromatic nitrogens is 1. The lowest BCUT2D eigenvalue weighted by Gasteiger charge is -2.11. The first-order valence-corrected chi connectivity index (χ1v) is 6.89. The van der Waals surface area contributed by atoms with Crippen molar-refractivity contribution in [2.45, 2.75) is 12.4 Å². The van der Waals surface area contributed by atoms with Gasteiger partial charge in [0.1, 0.15) is 5.02 Å². The molecule has 0 radical (unpaired) electrons. The average Bonchev–Trinajstić information content (AvgIpc) is 2.30. The van der Waals surface area contributed by atoms with Gasteiger partial charge in [-0.25, -0.2) is 4.98 Å². The smallest absolute Gasteiger partial charge is 0.394 e. The van der Waals surface area contributed by atoms with Gasteiger partial charge in [-0.2, -0.15) is 21.6 Å². The maximum Gasteiger partial charge on any atom is 0.534 e. The fraction of sp³-hybridized carbons (Fsp3) is 0.300. The minimum atomic E-state index is -5.81. The van der Waals surface area contributed by atoms with Gasteiger partial charge in [0.25, 0.3) is 5.88 Å². The summed E-state index contributed by atoms with van der Waals surface area (Å²) in [4.78, 5) is 3.65. The molecule has 0 unspecified atom stereocenters. The van der Waals surface area contributed by atoms with Gasteiger partial charge in [-0.15, -0.1) is 0 Å². The van der Waals surface area contributed by atoms with Gasteiger partial charge in [-0.3, -0.25) is 0 Å². The monoisotopic (exact) mass is 330 g/mol. The minimum absolute atomic E-state index is 0.219. The Morgan fingerprint density at radius 2 is 2.05 bits per heavy atom. The molecule has 0 amide bonds. The van der Waals surface area contributed by atoms with Crippen LogP contribution >= 0.6 is 11.6 Å². The molecule has 20 heavy (non-hydrogen) atoms. The van der Waals surface area contributed by atoms with Crippen molar-refractivity contribution in [1.29, 1.82) is 0 Å². The first-order valence-electron chi connectivity index (χ1n) is 5.10. The molecule has 0 aliphatic rings. The minimum Gasteiger partial charge on any atom is -0.394 e. The van der Waals surface area contributed by atoms with E-state index in [0.29, 0.717) is 5.57 Å². The topological polar surface area (TPSA) is 68.3 Å². The van der Waals surface area contributed by atoms with Gasteiger partial charge in [-0.05, 0) is 24.6 Å². The molecule has 0 aromatic carbocycles.